The number of nitrogens with two attached hydrogens (primary N) is 1. The van der Waals surface area contributed by atoms with Gasteiger partial charge in [0.25, 0.3) is 5.69 Å². The molecule has 0 radical (unpaired) electrons. The van der Waals surface area contributed by atoms with Crippen LogP contribution >= 0.6 is 11.3 Å². The Balaban J connectivity index is 2.45. The zero-order chi connectivity index (χ0) is 15.7. The summed E-state index contributed by atoms with van der Waals surface area (Å²) in [6, 6.07) is 4.64. The molecule has 0 spiro atoms. The van der Waals surface area contributed by atoms with Crippen LogP contribution in [0.15, 0.2) is 35.4 Å². The van der Waals surface area contributed by atoms with Gasteiger partial charge < -0.3 is 11.1 Å². The summed E-state index contributed by atoms with van der Waals surface area (Å²) in [7, 11) is 0. The summed E-state index contributed by atoms with van der Waals surface area (Å²) in [4.78, 5) is 27.5. The van der Waals surface area contributed by atoms with Gasteiger partial charge in [-0.15, -0.1) is 11.3 Å². The molecule has 3 rings (SSSR count). The van der Waals surface area contributed by atoms with Crippen molar-refractivity contribution in [3.63, 3.8) is 0 Å². The van der Waals surface area contributed by atoms with Crippen molar-refractivity contribution in [2.75, 3.05) is 18.4 Å². The van der Waals surface area contributed by atoms with Crippen LogP contribution in [0.1, 0.15) is 0 Å². The molecule has 2 aromatic heterocycles. The van der Waals surface area contributed by atoms with Gasteiger partial charge in [-0.2, -0.15) is 0 Å². The number of nitro benzene ring substituents is 1. The van der Waals surface area contributed by atoms with E-state index in [-0.39, 0.29) is 11.1 Å². The maximum Gasteiger partial charge on any atom is 0.287 e. The molecule has 0 amide bonds. The molecule has 0 fully saturated rings. The number of benzene rings is 1. The topological polar surface area (TPSA) is 111 Å². The summed E-state index contributed by atoms with van der Waals surface area (Å²) in [6.07, 6.45) is 3.05. The molecule has 112 valence electrons. The second-order valence-corrected chi connectivity index (χ2v) is 5.66. The molecule has 0 unspecified atom stereocenters. The number of nitrogens with zero attached hydrogens (tertiary/aromatic N) is 2. The predicted molar refractivity (Wildman–Crippen MR) is 87.6 cm³/mol. The number of aromatic nitrogens is 1. The summed E-state index contributed by atoms with van der Waals surface area (Å²) in [5.74, 6) is 0. The lowest BCUT2D eigenvalue weighted by Gasteiger charge is -2.09. The molecule has 1 aromatic carbocycles. The van der Waals surface area contributed by atoms with Crippen molar-refractivity contribution >= 4 is 42.9 Å². The summed E-state index contributed by atoms with van der Waals surface area (Å²) in [6.45, 7) is 0.868. The van der Waals surface area contributed by atoms with Crippen molar-refractivity contribution in [2.45, 2.75) is 0 Å². The van der Waals surface area contributed by atoms with Gasteiger partial charge in [-0.25, -0.2) is 0 Å². The lowest BCUT2D eigenvalue weighted by atomic mass is 10.1. The largest absolute Gasteiger partial charge is 0.383 e. The quantitative estimate of drug-likeness (QED) is 0.433. The second-order valence-electron chi connectivity index (χ2n) is 4.61. The van der Waals surface area contributed by atoms with Crippen LogP contribution in [0.25, 0.3) is 20.2 Å². The van der Waals surface area contributed by atoms with Gasteiger partial charge in [-0.05, 0) is 12.1 Å². The Hall–Kier alpha value is -2.58. The monoisotopic (exact) mass is 316 g/mol. The van der Waals surface area contributed by atoms with Crippen LogP contribution in [0.2, 0.25) is 0 Å². The Labute approximate surface area is 128 Å². The van der Waals surface area contributed by atoms with E-state index in [0.29, 0.717) is 38.9 Å². The predicted octanol–water partition coefficient (Wildman–Crippen LogP) is 2.09. The van der Waals surface area contributed by atoms with E-state index in [1.165, 1.54) is 23.6 Å². The standard InChI is InChI=1S/C14H12N4O3S/c15-4-6-17-9-1-2-10(18(20)21)14-12(9)13(19)8-7-16-5-3-11(8)22-14/h1-3,5,7,17H,4,6,15H2. The van der Waals surface area contributed by atoms with Gasteiger partial charge in [0.1, 0.15) is 4.70 Å². The lowest BCUT2D eigenvalue weighted by Crippen LogP contribution is -2.15. The van der Waals surface area contributed by atoms with Gasteiger partial charge in [0.05, 0.1) is 15.7 Å². The van der Waals surface area contributed by atoms with E-state index >= 15 is 0 Å². The number of hydrogen-bond acceptors (Lipinski definition) is 7. The molecule has 0 aliphatic carbocycles. The molecule has 0 atom stereocenters. The van der Waals surface area contributed by atoms with Gasteiger partial charge in [0, 0.05) is 41.9 Å². The molecule has 0 saturated heterocycles. The van der Waals surface area contributed by atoms with Crippen LogP contribution in [0.5, 0.6) is 0 Å². The van der Waals surface area contributed by atoms with Crippen molar-refractivity contribution in [3.05, 3.63) is 50.9 Å². The molecule has 0 bridgehead atoms. The second kappa shape index (κ2) is 5.66. The van der Waals surface area contributed by atoms with E-state index in [1.54, 1.807) is 18.3 Å². The van der Waals surface area contributed by atoms with E-state index in [2.05, 4.69) is 10.3 Å². The maximum atomic E-state index is 12.7. The van der Waals surface area contributed by atoms with Gasteiger partial charge in [-0.3, -0.25) is 19.9 Å². The van der Waals surface area contributed by atoms with Crippen LogP contribution in [0.4, 0.5) is 11.4 Å². The number of fused-ring (bicyclic) bond motifs is 2. The van der Waals surface area contributed by atoms with Crippen molar-refractivity contribution < 1.29 is 4.92 Å². The summed E-state index contributed by atoms with van der Waals surface area (Å²) in [5, 5.41) is 15.1. The SMILES string of the molecule is NCCNc1ccc([N+](=O)[O-])c2sc3ccncc3c(=O)c12. The Morgan fingerprint density at radius 1 is 1.36 bits per heavy atom. The smallest absolute Gasteiger partial charge is 0.287 e. The molecular weight excluding hydrogens is 304 g/mol. The molecule has 0 aliphatic rings. The Morgan fingerprint density at radius 3 is 2.91 bits per heavy atom. The van der Waals surface area contributed by atoms with E-state index in [4.69, 9.17) is 5.73 Å². The molecule has 22 heavy (non-hydrogen) atoms. The van der Waals surface area contributed by atoms with Crippen molar-refractivity contribution in [1.82, 2.24) is 4.98 Å². The van der Waals surface area contributed by atoms with E-state index in [0.717, 1.165) is 0 Å². The van der Waals surface area contributed by atoms with E-state index in [1.807, 2.05) is 0 Å². The fourth-order valence-electron chi connectivity index (χ4n) is 2.28. The van der Waals surface area contributed by atoms with Crippen molar-refractivity contribution in [2.24, 2.45) is 5.73 Å². The number of nitrogens with one attached hydrogen (secondary N) is 1. The molecule has 7 nitrogen and oxygen atoms in total. The minimum absolute atomic E-state index is 0.0749. The zero-order valence-electron chi connectivity index (χ0n) is 11.4. The first-order valence-electron chi connectivity index (χ1n) is 6.55. The van der Waals surface area contributed by atoms with Gasteiger partial charge >= 0.3 is 0 Å². The van der Waals surface area contributed by atoms with Crippen molar-refractivity contribution in [3.8, 4) is 0 Å². The maximum absolute atomic E-state index is 12.7. The van der Waals surface area contributed by atoms with Crippen LogP contribution in [0, 0.1) is 10.1 Å². The van der Waals surface area contributed by atoms with Crippen LogP contribution < -0.4 is 16.5 Å². The average Bonchev–Trinajstić information content (AvgIpc) is 2.52. The molecule has 0 aliphatic heterocycles. The highest BCUT2D eigenvalue weighted by Crippen LogP contribution is 2.35. The number of nitro groups is 1. The van der Waals surface area contributed by atoms with Crippen LogP contribution in [-0.2, 0) is 0 Å². The molecule has 8 heteroatoms. The van der Waals surface area contributed by atoms with E-state index in [9.17, 15) is 14.9 Å². The third-order valence-corrected chi connectivity index (χ3v) is 4.45. The first kappa shape index (κ1) is 14.4. The number of hydrogen-bond donors (Lipinski definition) is 2. The molecule has 3 N–H and O–H groups in total. The Bertz CT molecular complexity index is 938. The summed E-state index contributed by atoms with van der Waals surface area (Å²) in [5.41, 5.74) is 5.69. The summed E-state index contributed by atoms with van der Waals surface area (Å²) >= 11 is 1.22. The minimum Gasteiger partial charge on any atom is -0.383 e. The highest BCUT2D eigenvalue weighted by molar-refractivity contribution is 7.25. The fraction of sp³-hybridized carbons (Fsp3) is 0.143. The fourth-order valence-corrected chi connectivity index (χ4v) is 3.44. The minimum atomic E-state index is -0.474. The summed E-state index contributed by atoms with van der Waals surface area (Å²) < 4.78 is 1.03. The lowest BCUT2D eigenvalue weighted by molar-refractivity contribution is -0.382. The van der Waals surface area contributed by atoms with Gasteiger partial charge in [0.2, 0.25) is 0 Å². The van der Waals surface area contributed by atoms with Crippen LogP contribution in [-0.4, -0.2) is 23.0 Å². The Morgan fingerprint density at radius 2 is 2.18 bits per heavy atom. The number of pyridine rings is 1. The first-order valence-corrected chi connectivity index (χ1v) is 7.37. The van der Waals surface area contributed by atoms with Crippen molar-refractivity contribution in [1.29, 1.82) is 0 Å². The first-order chi connectivity index (χ1) is 10.6. The molecule has 3 aromatic rings. The third kappa shape index (κ3) is 2.28. The van der Waals surface area contributed by atoms with Gasteiger partial charge in [-0.1, -0.05) is 0 Å². The molecule has 0 saturated carbocycles. The highest BCUT2D eigenvalue weighted by Gasteiger charge is 2.19. The molecular formula is C14H12N4O3S. The number of non-ortho nitro benzene ring substituents is 1. The average molecular weight is 316 g/mol. The highest BCUT2D eigenvalue weighted by atomic mass is 32.1. The number of rotatable bonds is 4. The Kier molecular flexibility index (Phi) is 3.70. The zero-order valence-corrected chi connectivity index (χ0v) is 12.2. The third-order valence-electron chi connectivity index (χ3n) is 3.26. The number of anilines is 1. The normalized spacial score (nSPS) is 11.0. The van der Waals surface area contributed by atoms with Crippen LogP contribution in [0.3, 0.4) is 0 Å². The van der Waals surface area contributed by atoms with E-state index < -0.39 is 4.92 Å². The van der Waals surface area contributed by atoms with Gasteiger partial charge in [0.15, 0.2) is 5.43 Å². The molecule has 2 heterocycles.